The minimum absolute atomic E-state index is 0.290. The van der Waals surface area contributed by atoms with Crippen molar-refractivity contribution >= 4 is 18.0 Å². The lowest BCUT2D eigenvalue weighted by molar-refractivity contribution is -0.147. The van der Waals surface area contributed by atoms with E-state index in [1.165, 1.54) is 6.08 Å². The molecule has 4 heteroatoms. The Kier molecular flexibility index (Phi) is 7.23. The number of benzene rings is 1. The molecule has 0 spiro atoms. The highest BCUT2D eigenvalue weighted by Crippen LogP contribution is 2.07. The highest BCUT2D eigenvalue weighted by Gasteiger charge is 2.22. The van der Waals surface area contributed by atoms with Crippen LogP contribution in [0.15, 0.2) is 36.4 Å². The summed E-state index contributed by atoms with van der Waals surface area (Å²) in [5, 5.41) is 2.70. The van der Waals surface area contributed by atoms with Gasteiger partial charge in [0, 0.05) is 6.08 Å². The van der Waals surface area contributed by atoms with Gasteiger partial charge in [-0.3, -0.25) is 4.79 Å². The van der Waals surface area contributed by atoms with Crippen LogP contribution in [0.1, 0.15) is 32.8 Å². The van der Waals surface area contributed by atoms with Crippen LogP contribution < -0.4 is 5.32 Å². The number of carbonyl (C=O) groups is 2. The summed E-state index contributed by atoms with van der Waals surface area (Å²) in [4.78, 5) is 23.7. The Morgan fingerprint density at radius 1 is 1.24 bits per heavy atom. The van der Waals surface area contributed by atoms with Crippen molar-refractivity contribution in [2.24, 2.45) is 5.92 Å². The molecule has 1 aromatic rings. The Morgan fingerprint density at radius 3 is 2.48 bits per heavy atom. The van der Waals surface area contributed by atoms with Gasteiger partial charge in [0.25, 0.3) is 0 Å². The third-order valence-corrected chi connectivity index (χ3v) is 2.82. The van der Waals surface area contributed by atoms with Gasteiger partial charge in [0.05, 0.1) is 6.61 Å². The Morgan fingerprint density at radius 2 is 1.90 bits per heavy atom. The Balaban J connectivity index is 2.63. The Bertz CT molecular complexity index is 480. The monoisotopic (exact) mass is 289 g/mol. The first-order valence-electron chi connectivity index (χ1n) is 7.23. The van der Waals surface area contributed by atoms with E-state index >= 15 is 0 Å². The molecule has 114 valence electrons. The Hall–Kier alpha value is -2.10. The van der Waals surface area contributed by atoms with Gasteiger partial charge >= 0.3 is 5.97 Å². The van der Waals surface area contributed by atoms with Gasteiger partial charge in [-0.25, -0.2) is 4.79 Å². The van der Waals surface area contributed by atoms with Crippen LogP contribution in [-0.2, 0) is 14.3 Å². The molecule has 1 atom stereocenters. The summed E-state index contributed by atoms with van der Waals surface area (Å²) in [5.74, 6) is -0.386. The molecule has 0 saturated carbocycles. The van der Waals surface area contributed by atoms with Crippen molar-refractivity contribution in [3.8, 4) is 0 Å². The van der Waals surface area contributed by atoms with Crippen LogP contribution >= 0.6 is 0 Å². The minimum Gasteiger partial charge on any atom is -0.464 e. The number of hydrogen-bond acceptors (Lipinski definition) is 3. The second kappa shape index (κ2) is 8.95. The fourth-order valence-electron chi connectivity index (χ4n) is 1.88. The van der Waals surface area contributed by atoms with Crippen LogP contribution in [0.3, 0.4) is 0 Å². The van der Waals surface area contributed by atoms with Crippen LogP contribution in [0, 0.1) is 5.92 Å². The molecular formula is C17H23NO3. The van der Waals surface area contributed by atoms with Crippen molar-refractivity contribution in [2.75, 3.05) is 6.61 Å². The van der Waals surface area contributed by atoms with E-state index in [1.807, 2.05) is 44.2 Å². The van der Waals surface area contributed by atoms with Crippen LogP contribution in [0.25, 0.3) is 6.08 Å². The van der Waals surface area contributed by atoms with Crippen molar-refractivity contribution in [1.29, 1.82) is 0 Å². The molecule has 21 heavy (non-hydrogen) atoms. The maximum Gasteiger partial charge on any atom is 0.328 e. The van der Waals surface area contributed by atoms with Crippen molar-refractivity contribution in [3.63, 3.8) is 0 Å². The molecule has 0 bridgehead atoms. The summed E-state index contributed by atoms with van der Waals surface area (Å²) >= 11 is 0. The third-order valence-electron chi connectivity index (χ3n) is 2.82. The molecule has 0 fully saturated rings. The van der Waals surface area contributed by atoms with E-state index in [9.17, 15) is 9.59 Å². The number of ether oxygens (including phenoxy) is 1. The molecule has 4 nitrogen and oxygen atoms in total. The minimum atomic E-state index is -0.599. The highest BCUT2D eigenvalue weighted by molar-refractivity contribution is 5.94. The molecular weight excluding hydrogens is 266 g/mol. The van der Waals surface area contributed by atoms with Crippen molar-refractivity contribution in [2.45, 2.75) is 33.2 Å². The van der Waals surface area contributed by atoms with Crippen LogP contribution in [-0.4, -0.2) is 24.5 Å². The lowest BCUT2D eigenvalue weighted by atomic mass is 10.0. The first kappa shape index (κ1) is 17.0. The summed E-state index contributed by atoms with van der Waals surface area (Å²) in [7, 11) is 0. The molecule has 0 heterocycles. The number of hydrogen-bond donors (Lipinski definition) is 1. The topological polar surface area (TPSA) is 55.4 Å². The molecule has 1 aromatic carbocycles. The second-order valence-electron chi connectivity index (χ2n) is 5.19. The van der Waals surface area contributed by atoms with Gasteiger partial charge in [0.2, 0.25) is 5.91 Å². The molecule has 0 saturated heterocycles. The molecule has 1 N–H and O–H groups in total. The molecule has 0 aliphatic heterocycles. The van der Waals surface area contributed by atoms with Crippen molar-refractivity contribution in [3.05, 3.63) is 42.0 Å². The number of nitrogens with one attached hydrogen (secondary N) is 1. The normalized spacial score (nSPS) is 12.4. The maximum absolute atomic E-state index is 11.9. The van der Waals surface area contributed by atoms with Crippen LogP contribution in [0.4, 0.5) is 0 Å². The van der Waals surface area contributed by atoms with E-state index in [1.54, 1.807) is 13.0 Å². The van der Waals surface area contributed by atoms with Gasteiger partial charge in [-0.1, -0.05) is 44.2 Å². The van der Waals surface area contributed by atoms with Gasteiger partial charge < -0.3 is 10.1 Å². The number of rotatable bonds is 7. The molecule has 0 aliphatic carbocycles. The largest absolute Gasteiger partial charge is 0.464 e. The van der Waals surface area contributed by atoms with Crippen LogP contribution in [0.5, 0.6) is 0 Å². The standard InChI is InChI=1S/C17H23NO3/c1-4-21-17(20)15(12-13(2)3)18-16(19)11-10-14-8-6-5-7-9-14/h5-11,13,15H,4,12H2,1-3H3,(H,18,19)/b11-10+. The van der Waals surface area contributed by atoms with E-state index in [0.29, 0.717) is 13.0 Å². The van der Waals surface area contributed by atoms with Gasteiger partial charge in [0.15, 0.2) is 0 Å². The molecule has 0 aromatic heterocycles. The average Bonchev–Trinajstić information content (AvgIpc) is 2.45. The average molecular weight is 289 g/mol. The summed E-state index contributed by atoms with van der Waals surface area (Å²) in [6, 6.07) is 8.92. The van der Waals surface area contributed by atoms with Gasteiger partial charge in [-0.05, 0) is 30.9 Å². The zero-order valence-corrected chi connectivity index (χ0v) is 12.8. The summed E-state index contributed by atoms with van der Waals surface area (Å²) in [6.07, 6.45) is 3.71. The molecule has 1 rings (SSSR count). The lowest BCUT2D eigenvalue weighted by Crippen LogP contribution is -2.42. The predicted octanol–water partition coefficient (Wildman–Crippen LogP) is 2.79. The highest BCUT2D eigenvalue weighted by atomic mass is 16.5. The predicted molar refractivity (Wildman–Crippen MR) is 83.5 cm³/mol. The molecule has 0 aliphatic rings. The van der Waals surface area contributed by atoms with Crippen molar-refractivity contribution < 1.29 is 14.3 Å². The summed E-state index contributed by atoms with van der Waals surface area (Å²) in [5.41, 5.74) is 0.934. The lowest BCUT2D eigenvalue weighted by Gasteiger charge is -2.18. The number of carbonyl (C=O) groups excluding carboxylic acids is 2. The third kappa shape index (κ3) is 6.75. The quantitative estimate of drug-likeness (QED) is 0.620. The number of amides is 1. The van der Waals surface area contributed by atoms with E-state index in [-0.39, 0.29) is 17.8 Å². The Labute approximate surface area is 126 Å². The maximum atomic E-state index is 11.9. The zero-order valence-electron chi connectivity index (χ0n) is 12.8. The second-order valence-corrected chi connectivity index (χ2v) is 5.19. The van der Waals surface area contributed by atoms with Gasteiger partial charge in [0.1, 0.15) is 6.04 Å². The summed E-state index contributed by atoms with van der Waals surface area (Å²) in [6.45, 7) is 6.06. The molecule has 1 unspecified atom stereocenters. The fourth-order valence-corrected chi connectivity index (χ4v) is 1.88. The van der Waals surface area contributed by atoms with E-state index in [2.05, 4.69) is 5.32 Å². The molecule has 0 radical (unpaired) electrons. The van der Waals surface area contributed by atoms with E-state index < -0.39 is 6.04 Å². The van der Waals surface area contributed by atoms with Gasteiger partial charge in [-0.2, -0.15) is 0 Å². The zero-order chi connectivity index (χ0) is 15.7. The smallest absolute Gasteiger partial charge is 0.328 e. The van der Waals surface area contributed by atoms with E-state index in [4.69, 9.17) is 4.74 Å². The van der Waals surface area contributed by atoms with Crippen molar-refractivity contribution in [1.82, 2.24) is 5.32 Å². The van der Waals surface area contributed by atoms with Crippen LogP contribution in [0.2, 0.25) is 0 Å². The fraction of sp³-hybridized carbons (Fsp3) is 0.412. The van der Waals surface area contributed by atoms with Gasteiger partial charge in [-0.15, -0.1) is 0 Å². The molecule has 1 amide bonds. The summed E-state index contributed by atoms with van der Waals surface area (Å²) < 4.78 is 4.99. The number of esters is 1. The SMILES string of the molecule is CCOC(=O)C(CC(C)C)NC(=O)/C=C/c1ccccc1. The first-order valence-corrected chi connectivity index (χ1v) is 7.23. The van der Waals surface area contributed by atoms with E-state index in [0.717, 1.165) is 5.56 Å². The first-order chi connectivity index (χ1) is 10.0.